The molecule has 1 aromatic carbocycles. The molecule has 0 spiro atoms. The van der Waals surface area contributed by atoms with Gasteiger partial charge < -0.3 is 14.7 Å². The SMILES string of the molecule is O=C(c1ccc(OCC(F)(F)F)nc1)N1CCCC(c2ccccc2O)C1. The van der Waals surface area contributed by atoms with E-state index in [1.54, 1.807) is 17.0 Å². The van der Waals surface area contributed by atoms with Crippen molar-refractivity contribution in [1.29, 1.82) is 0 Å². The zero-order chi connectivity index (χ0) is 19.4. The molecule has 1 fully saturated rings. The number of ether oxygens (including phenoxy) is 1. The van der Waals surface area contributed by atoms with Crippen molar-refractivity contribution < 1.29 is 27.8 Å². The van der Waals surface area contributed by atoms with Crippen LogP contribution in [0.2, 0.25) is 0 Å². The summed E-state index contributed by atoms with van der Waals surface area (Å²) in [5.41, 5.74) is 1.09. The number of aromatic hydroxyl groups is 1. The summed E-state index contributed by atoms with van der Waals surface area (Å²) in [7, 11) is 0. The third-order valence-electron chi connectivity index (χ3n) is 4.45. The lowest BCUT2D eigenvalue weighted by molar-refractivity contribution is -0.154. The molecule has 8 heteroatoms. The van der Waals surface area contributed by atoms with E-state index in [-0.39, 0.29) is 29.0 Å². The maximum Gasteiger partial charge on any atom is 0.422 e. The Kier molecular flexibility index (Phi) is 5.53. The van der Waals surface area contributed by atoms with E-state index in [0.717, 1.165) is 18.4 Å². The van der Waals surface area contributed by atoms with Crippen molar-refractivity contribution in [2.75, 3.05) is 19.7 Å². The van der Waals surface area contributed by atoms with E-state index < -0.39 is 12.8 Å². The molecule has 0 saturated carbocycles. The first kappa shape index (κ1) is 19.0. The molecule has 1 atom stereocenters. The van der Waals surface area contributed by atoms with Crippen LogP contribution in [0.15, 0.2) is 42.6 Å². The van der Waals surface area contributed by atoms with Crippen molar-refractivity contribution in [2.45, 2.75) is 24.9 Å². The number of nitrogens with zero attached hydrogens (tertiary/aromatic N) is 2. The molecule has 27 heavy (non-hydrogen) atoms. The van der Waals surface area contributed by atoms with Crippen LogP contribution >= 0.6 is 0 Å². The second kappa shape index (κ2) is 7.85. The Morgan fingerprint density at radius 3 is 2.70 bits per heavy atom. The summed E-state index contributed by atoms with van der Waals surface area (Å²) in [4.78, 5) is 18.1. The number of carbonyl (C=O) groups is 1. The van der Waals surface area contributed by atoms with Gasteiger partial charge in [0.15, 0.2) is 6.61 Å². The van der Waals surface area contributed by atoms with Crippen LogP contribution < -0.4 is 4.74 Å². The normalized spacial score (nSPS) is 17.6. The molecule has 5 nitrogen and oxygen atoms in total. The highest BCUT2D eigenvalue weighted by atomic mass is 19.4. The van der Waals surface area contributed by atoms with E-state index in [4.69, 9.17) is 0 Å². The molecule has 0 radical (unpaired) electrons. The largest absolute Gasteiger partial charge is 0.508 e. The average molecular weight is 380 g/mol. The van der Waals surface area contributed by atoms with Crippen LogP contribution in [-0.2, 0) is 0 Å². The fraction of sp³-hybridized carbons (Fsp3) is 0.368. The lowest BCUT2D eigenvalue weighted by atomic mass is 9.90. The van der Waals surface area contributed by atoms with Gasteiger partial charge in [0.25, 0.3) is 5.91 Å². The number of halogens is 3. The molecular formula is C19H19F3N2O3. The van der Waals surface area contributed by atoms with Gasteiger partial charge in [-0.25, -0.2) is 4.98 Å². The van der Waals surface area contributed by atoms with Crippen molar-refractivity contribution in [3.8, 4) is 11.6 Å². The molecule has 2 aromatic rings. The van der Waals surface area contributed by atoms with Crippen LogP contribution in [0.4, 0.5) is 13.2 Å². The predicted octanol–water partition coefficient (Wildman–Crippen LogP) is 3.75. The number of alkyl halides is 3. The lowest BCUT2D eigenvalue weighted by Gasteiger charge is -2.33. The van der Waals surface area contributed by atoms with Crippen molar-refractivity contribution >= 4 is 5.91 Å². The van der Waals surface area contributed by atoms with Crippen LogP contribution in [0.5, 0.6) is 11.6 Å². The molecule has 1 amide bonds. The number of hydrogen-bond acceptors (Lipinski definition) is 4. The molecule has 1 aliphatic rings. The average Bonchev–Trinajstić information content (AvgIpc) is 2.66. The van der Waals surface area contributed by atoms with Gasteiger partial charge in [0, 0.05) is 31.3 Å². The van der Waals surface area contributed by atoms with Crippen molar-refractivity contribution in [2.24, 2.45) is 0 Å². The number of amides is 1. The Labute approximate surface area is 154 Å². The minimum atomic E-state index is -4.44. The quantitative estimate of drug-likeness (QED) is 0.878. The van der Waals surface area contributed by atoms with Gasteiger partial charge >= 0.3 is 6.18 Å². The van der Waals surface area contributed by atoms with E-state index in [1.165, 1.54) is 18.3 Å². The van der Waals surface area contributed by atoms with Gasteiger partial charge in [-0.1, -0.05) is 18.2 Å². The standard InChI is InChI=1S/C19H19F3N2O3/c20-19(21,22)12-27-17-8-7-13(10-23-17)18(26)24-9-3-4-14(11-24)15-5-1-2-6-16(15)25/h1-2,5-8,10,14,25H,3-4,9,11-12H2. The van der Waals surface area contributed by atoms with Gasteiger partial charge in [-0.05, 0) is 30.5 Å². The van der Waals surface area contributed by atoms with Gasteiger partial charge in [-0.15, -0.1) is 0 Å². The molecule has 0 aliphatic carbocycles. The number of rotatable bonds is 4. The zero-order valence-corrected chi connectivity index (χ0v) is 14.4. The van der Waals surface area contributed by atoms with Gasteiger partial charge in [-0.2, -0.15) is 13.2 Å². The van der Waals surface area contributed by atoms with Gasteiger partial charge in [0.2, 0.25) is 5.88 Å². The molecule has 1 aromatic heterocycles. The fourth-order valence-electron chi connectivity index (χ4n) is 3.18. The van der Waals surface area contributed by atoms with Crippen molar-refractivity contribution in [3.05, 3.63) is 53.7 Å². The number of benzene rings is 1. The Morgan fingerprint density at radius 1 is 1.26 bits per heavy atom. The molecule has 1 saturated heterocycles. The van der Waals surface area contributed by atoms with Gasteiger partial charge in [0.1, 0.15) is 5.75 Å². The van der Waals surface area contributed by atoms with Gasteiger partial charge in [0.05, 0.1) is 5.56 Å². The van der Waals surface area contributed by atoms with Gasteiger partial charge in [-0.3, -0.25) is 4.79 Å². The third-order valence-corrected chi connectivity index (χ3v) is 4.45. The second-order valence-electron chi connectivity index (χ2n) is 6.44. The summed E-state index contributed by atoms with van der Waals surface area (Å²) in [5, 5.41) is 10.0. The number of phenols is 1. The molecule has 1 aliphatic heterocycles. The minimum absolute atomic E-state index is 0.0336. The van der Waals surface area contributed by atoms with Crippen LogP contribution in [0.3, 0.4) is 0 Å². The topological polar surface area (TPSA) is 62.7 Å². The predicted molar refractivity (Wildman–Crippen MR) is 91.8 cm³/mol. The first-order valence-electron chi connectivity index (χ1n) is 8.56. The zero-order valence-electron chi connectivity index (χ0n) is 14.4. The smallest absolute Gasteiger partial charge is 0.422 e. The second-order valence-corrected chi connectivity index (χ2v) is 6.44. The number of aromatic nitrogens is 1. The molecule has 144 valence electrons. The van der Waals surface area contributed by atoms with Crippen molar-refractivity contribution in [3.63, 3.8) is 0 Å². The Balaban J connectivity index is 1.65. The monoisotopic (exact) mass is 380 g/mol. The summed E-state index contributed by atoms with van der Waals surface area (Å²) in [5.74, 6) is -0.185. The van der Waals surface area contributed by atoms with Crippen LogP contribution in [-0.4, -0.2) is 46.8 Å². The summed E-state index contributed by atoms with van der Waals surface area (Å²) < 4.78 is 41.0. The molecule has 1 unspecified atom stereocenters. The first-order valence-corrected chi connectivity index (χ1v) is 8.56. The van der Waals surface area contributed by atoms with Crippen LogP contribution in [0.25, 0.3) is 0 Å². The summed E-state index contributed by atoms with van der Waals surface area (Å²) >= 11 is 0. The first-order chi connectivity index (χ1) is 12.8. The number of pyridine rings is 1. The van der Waals surface area contributed by atoms with E-state index in [1.807, 2.05) is 12.1 Å². The van der Waals surface area contributed by atoms with E-state index >= 15 is 0 Å². The highest BCUT2D eigenvalue weighted by Crippen LogP contribution is 2.32. The highest BCUT2D eigenvalue weighted by Gasteiger charge is 2.29. The number of piperidine rings is 1. The summed E-state index contributed by atoms with van der Waals surface area (Å²) in [6.07, 6.45) is -1.56. The number of hydrogen-bond donors (Lipinski definition) is 1. The Bertz CT molecular complexity index is 794. The Hall–Kier alpha value is -2.77. The van der Waals surface area contributed by atoms with Crippen molar-refractivity contribution in [1.82, 2.24) is 9.88 Å². The molecular weight excluding hydrogens is 361 g/mol. The molecule has 0 bridgehead atoms. The third kappa shape index (κ3) is 4.90. The number of carbonyl (C=O) groups excluding carboxylic acids is 1. The minimum Gasteiger partial charge on any atom is -0.508 e. The summed E-state index contributed by atoms with van der Waals surface area (Å²) in [6.45, 7) is -0.389. The van der Waals surface area contributed by atoms with Crippen LogP contribution in [0, 0.1) is 0 Å². The fourth-order valence-corrected chi connectivity index (χ4v) is 3.18. The number of para-hydroxylation sites is 1. The lowest BCUT2D eigenvalue weighted by Crippen LogP contribution is -2.39. The van der Waals surface area contributed by atoms with E-state index in [2.05, 4.69) is 9.72 Å². The number of likely N-dealkylation sites (tertiary alicyclic amines) is 1. The molecule has 3 rings (SSSR count). The molecule has 2 heterocycles. The van der Waals surface area contributed by atoms with E-state index in [9.17, 15) is 23.1 Å². The van der Waals surface area contributed by atoms with Crippen LogP contribution in [0.1, 0.15) is 34.7 Å². The highest BCUT2D eigenvalue weighted by molar-refractivity contribution is 5.94. The molecule has 1 N–H and O–H groups in total. The Morgan fingerprint density at radius 2 is 2.04 bits per heavy atom. The maximum absolute atomic E-state index is 12.7. The summed E-state index contributed by atoms with van der Waals surface area (Å²) in [6, 6.07) is 9.73. The maximum atomic E-state index is 12.7. The van der Waals surface area contributed by atoms with E-state index in [0.29, 0.717) is 13.1 Å². The number of phenolic OH excluding ortho intramolecular Hbond substituents is 1.